The Kier molecular flexibility index (Phi) is 5.82. The summed E-state index contributed by atoms with van der Waals surface area (Å²) in [6.45, 7) is 4.66. The summed E-state index contributed by atoms with van der Waals surface area (Å²) < 4.78 is 7.49. The molecule has 1 fully saturated rings. The number of carbonyl (C=O) groups excluding carboxylic acids is 1. The van der Waals surface area contributed by atoms with Crippen LogP contribution in [-0.2, 0) is 16.2 Å². The lowest BCUT2D eigenvalue weighted by molar-refractivity contribution is -0.928. The molecule has 8 heteroatoms. The maximum absolute atomic E-state index is 11.6. The summed E-state index contributed by atoms with van der Waals surface area (Å²) >= 11 is 6.95. The molecule has 0 unspecified atom stereocenters. The van der Waals surface area contributed by atoms with Gasteiger partial charge in [0.1, 0.15) is 0 Å². The topological polar surface area (TPSA) is 60.6 Å². The number of hydrogen-bond donors (Lipinski definition) is 2. The van der Waals surface area contributed by atoms with Gasteiger partial charge in [-0.15, -0.1) is 5.10 Å². The number of esters is 1. The number of methoxy groups -OCH3 is 1. The van der Waals surface area contributed by atoms with E-state index in [1.165, 1.54) is 28.9 Å². The number of nitrogens with one attached hydrogen (secondary N) is 2. The highest BCUT2D eigenvalue weighted by molar-refractivity contribution is 7.73. The van der Waals surface area contributed by atoms with Crippen LogP contribution in [0.5, 0.6) is 0 Å². The van der Waals surface area contributed by atoms with Crippen molar-refractivity contribution in [3.05, 3.63) is 33.8 Å². The molecule has 1 aliphatic rings. The predicted molar refractivity (Wildman–Crippen MR) is 101 cm³/mol. The number of rotatable bonds is 5. The van der Waals surface area contributed by atoms with Crippen molar-refractivity contribution in [2.45, 2.75) is 26.4 Å². The van der Waals surface area contributed by atoms with Gasteiger partial charge in [0.15, 0.2) is 10.6 Å². The first-order chi connectivity index (χ1) is 12.1. The number of ether oxygens (including phenoxy) is 1. The number of nitrogens with zero attached hydrogens (tertiary/aromatic N) is 2. The lowest BCUT2D eigenvalue weighted by Crippen LogP contribution is -3.12. The second kappa shape index (κ2) is 8.07. The van der Waals surface area contributed by atoms with E-state index in [4.69, 9.17) is 17.0 Å². The summed E-state index contributed by atoms with van der Waals surface area (Å²) in [6.07, 6.45) is 1.71. The van der Waals surface area contributed by atoms with Gasteiger partial charge in [-0.05, 0) is 30.8 Å². The van der Waals surface area contributed by atoms with E-state index in [9.17, 15) is 4.79 Å². The van der Waals surface area contributed by atoms with E-state index < -0.39 is 0 Å². The molecule has 6 nitrogen and oxygen atoms in total. The van der Waals surface area contributed by atoms with Crippen LogP contribution in [0.15, 0.2) is 24.3 Å². The third kappa shape index (κ3) is 4.45. The van der Waals surface area contributed by atoms with Gasteiger partial charge in [-0.1, -0.05) is 29.5 Å². The summed E-state index contributed by atoms with van der Waals surface area (Å²) in [5, 5.41) is 8.78. The predicted octanol–water partition coefficient (Wildman–Crippen LogP) is 2.15. The standard InChI is InChI=1S/C17H22N4O2S2/c1-12-5-3-4-6-14(12)18-16-19-21(17(24)25-16)11-20-9-7-13(8-10-20)15(22)23-2/h3-6,13H,7-11H2,1-2H3,(H,18,19)/p+1. The van der Waals surface area contributed by atoms with E-state index >= 15 is 0 Å². The van der Waals surface area contributed by atoms with Crippen molar-refractivity contribution >= 4 is 40.3 Å². The molecular weight excluding hydrogens is 356 g/mol. The number of quaternary nitrogens is 1. The van der Waals surface area contributed by atoms with Gasteiger partial charge in [-0.2, -0.15) is 4.68 Å². The fraction of sp³-hybridized carbons (Fsp3) is 0.471. The minimum Gasteiger partial charge on any atom is -0.469 e. The van der Waals surface area contributed by atoms with Gasteiger partial charge in [0.2, 0.25) is 5.13 Å². The van der Waals surface area contributed by atoms with Gasteiger partial charge >= 0.3 is 5.97 Å². The Balaban J connectivity index is 1.61. The van der Waals surface area contributed by atoms with E-state index in [1.807, 2.05) is 22.9 Å². The monoisotopic (exact) mass is 379 g/mol. The molecule has 0 radical (unpaired) electrons. The number of aromatic nitrogens is 2. The highest BCUT2D eigenvalue weighted by atomic mass is 32.1. The molecule has 2 heterocycles. The molecule has 0 spiro atoms. The zero-order valence-electron chi connectivity index (χ0n) is 14.4. The van der Waals surface area contributed by atoms with E-state index in [1.54, 1.807) is 0 Å². The van der Waals surface area contributed by atoms with Crippen LogP contribution in [0.1, 0.15) is 18.4 Å². The zero-order chi connectivity index (χ0) is 17.8. The maximum atomic E-state index is 11.6. The van der Waals surface area contributed by atoms with Crippen molar-refractivity contribution < 1.29 is 14.4 Å². The zero-order valence-corrected chi connectivity index (χ0v) is 16.1. The fourth-order valence-electron chi connectivity index (χ4n) is 3.08. The maximum Gasteiger partial charge on any atom is 0.309 e. The first kappa shape index (κ1) is 18.0. The van der Waals surface area contributed by atoms with Crippen LogP contribution < -0.4 is 10.2 Å². The van der Waals surface area contributed by atoms with Crippen LogP contribution in [0, 0.1) is 16.8 Å². The summed E-state index contributed by atoms with van der Waals surface area (Å²) in [6, 6.07) is 8.12. The Morgan fingerprint density at radius 1 is 1.44 bits per heavy atom. The molecule has 0 aliphatic carbocycles. The molecule has 0 amide bonds. The minimum absolute atomic E-state index is 0.0374. The van der Waals surface area contributed by atoms with Crippen LogP contribution in [0.4, 0.5) is 10.8 Å². The average molecular weight is 380 g/mol. The van der Waals surface area contributed by atoms with Crippen molar-refractivity contribution in [3.8, 4) is 0 Å². The van der Waals surface area contributed by atoms with Crippen LogP contribution in [-0.4, -0.2) is 35.9 Å². The summed E-state index contributed by atoms with van der Waals surface area (Å²) in [5.74, 6) is -0.0514. The third-order valence-corrected chi connectivity index (χ3v) is 5.82. The molecule has 3 rings (SSSR count). The Morgan fingerprint density at radius 3 is 2.84 bits per heavy atom. The molecule has 2 aromatic rings. The van der Waals surface area contributed by atoms with E-state index in [0.29, 0.717) is 0 Å². The smallest absolute Gasteiger partial charge is 0.309 e. The molecule has 1 aromatic heterocycles. The highest BCUT2D eigenvalue weighted by Gasteiger charge is 2.28. The van der Waals surface area contributed by atoms with Gasteiger partial charge in [0.05, 0.1) is 26.1 Å². The van der Waals surface area contributed by atoms with Gasteiger partial charge in [0.25, 0.3) is 0 Å². The van der Waals surface area contributed by atoms with Gasteiger partial charge < -0.3 is 15.0 Å². The molecule has 1 saturated heterocycles. The number of likely N-dealkylation sites (tertiary alicyclic amines) is 1. The van der Waals surface area contributed by atoms with Crippen molar-refractivity contribution in [2.24, 2.45) is 5.92 Å². The van der Waals surface area contributed by atoms with Crippen molar-refractivity contribution in [2.75, 3.05) is 25.5 Å². The second-order valence-electron chi connectivity index (χ2n) is 6.32. The number of aryl methyl sites for hydroxylation is 1. The fourth-order valence-corrected chi connectivity index (χ4v) is 4.10. The quantitative estimate of drug-likeness (QED) is 0.616. The number of benzene rings is 1. The first-order valence-corrected chi connectivity index (χ1v) is 9.61. The molecule has 0 bridgehead atoms. The van der Waals surface area contributed by atoms with Crippen LogP contribution in [0.2, 0.25) is 0 Å². The van der Waals surface area contributed by atoms with E-state index in [2.05, 4.69) is 23.4 Å². The van der Waals surface area contributed by atoms with Crippen LogP contribution in [0.25, 0.3) is 0 Å². The Morgan fingerprint density at radius 2 is 2.16 bits per heavy atom. The number of anilines is 2. The van der Waals surface area contributed by atoms with Crippen molar-refractivity contribution in [1.82, 2.24) is 9.78 Å². The number of carbonyl (C=O) groups is 1. The molecular formula is C17H23N4O2S2+. The van der Waals surface area contributed by atoms with E-state index in [0.717, 1.165) is 47.4 Å². The average Bonchev–Trinajstić information content (AvgIpc) is 2.96. The van der Waals surface area contributed by atoms with Crippen molar-refractivity contribution in [3.63, 3.8) is 0 Å². The molecule has 25 heavy (non-hydrogen) atoms. The van der Waals surface area contributed by atoms with Gasteiger partial charge in [0, 0.05) is 18.5 Å². The SMILES string of the molecule is COC(=O)C1CC[NH+](Cn2nc(Nc3ccccc3C)sc2=S)CC1. The lowest BCUT2D eigenvalue weighted by Gasteiger charge is -2.27. The lowest BCUT2D eigenvalue weighted by atomic mass is 9.97. The van der Waals surface area contributed by atoms with Crippen molar-refractivity contribution in [1.29, 1.82) is 0 Å². The first-order valence-electron chi connectivity index (χ1n) is 8.39. The van der Waals surface area contributed by atoms with Crippen LogP contribution in [0.3, 0.4) is 0 Å². The Labute approximate surface area is 156 Å². The largest absolute Gasteiger partial charge is 0.469 e. The molecule has 134 valence electrons. The minimum atomic E-state index is -0.0889. The second-order valence-corrected chi connectivity index (χ2v) is 7.94. The third-order valence-electron chi connectivity index (χ3n) is 4.59. The van der Waals surface area contributed by atoms with Gasteiger partial charge in [-0.25, -0.2) is 0 Å². The Hall–Kier alpha value is -1.77. The summed E-state index contributed by atoms with van der Waals surface area (Å²) in [5.41, 5.74) is 2.22. The molecule has 1 aliphatic heterocycles. The number of hydrogen-bond acceptors (Lipinski definition) is 6. The molecule has 0 atom stereocenters. The van der Waals surface area contributed by atoms with E-state index in [-0.39, 0.29) is 11.9 Å². The molecule has 0 saturated carbocycles. The summed E-state index contributed by atoms with van der Waals surface area (Å²) in [7, 11) is 1.46. The highest BCUT2D eigenvalue weighted by Crippen LogP contribution is 2.22. The normalized spacial score (nSPS) is 20.2. The van der Waals surface area contributed by atoms with Gasteiger partial charge in [-0.3, -0.25) is 4.79 Å². The molecule has 2 N–H and O–H groups in total. The number of para-hydroxylation sites is 1. The Bertz CT molecular complexity index is 794. The summed E-state index contributed by atoms with van der Waals surface area (Å²) in [4.78, 5) is 13.0. The molecule has 1 aromatic carbocycles. The number of piperidine rings is 1. The van der Waals surface area contributed by atoms with Crippen LogP contribution >= 0.6 is 23.6 Å².